The van der Waals surface area contributed by atoms with Crippen LogP contribution in [0, 0.1) is 13.8 Å². The molecule has 0 saturated heterocycles. The molecule has 25 heavy (non-hydrogen) atoms. The van der Waals surface area contributed by atoms with Gasteiger partial charge in [-0.3, -0.25) is 0 Å². The normalized spacial score (nSPS) is 11.6. The van der Waals surface area contributed by atoms with E-state index in [2.05, 4.69) is 75.7 Å². The predicted octanol–water partition coefficient (Wildman–Crippen LogP) is 6.17. The molecule has 124 valence electrons. The number of nitrogens with zero attached hydrogens (tertiary/aromatic N) is 2. The second kappa shape index (κ2) is 6.37. The van der Waals surface area contributed by atoms with Gasteiger partial charge in [-0.15, -0.1) is 0 Å². The van der Waals surface area contributed by atoms with E-state index in [0.29, 0.717) is 5.89 Å². The van der Waals surface area contributed by atoms with Crippen molar-refractivity contribution < 1.29 is 4.42 Å². The highest BCUT2D eigenvalue weighted by Gasteiger charge is 2.09. The zero-order valence-corrected chi connectivity index (χ0v) is 15.6. The van der Waals surface area contributed by atoms with Crippen LogP contribution in [-0.4, -0.2) is 9.55 Å². The average Bonchev–Trinajstić information content (AvgIpc) is 3.13. The number of aryl methyl sites for hydroxylation is 1. The van der Waals surface area contributed by atoms with Crippen molar-refractivity contribution in [1.82, 2.24) is 9.55 Å². The van der Waals surface area contributed by atoms with E-state index in [1.54, 1.807) is 0 Å². The van der Waals surface area contributed by atoms with Gasteiger partial charge in [0.2, 0.25) is 5.89 Å². The molecular weight excluding hydrogens is 376 g/mol. The second-order valence-electron chi connectivity index (χ2n) is 5.99. The van der Waals surface area contributed by atoms with Crippen LogP contribution in [0.3, 0.4) is 0 Å². The maximum atomic E-state index is 5.78. The smallest absolute Gasteiger partial charge is 0.220 e. The molecule has 2 aromatic heterocycles. The Balaban J connectivity index is 1.69. The van der Waals surface area contributed by atoms with Gasteiger partial charge in [0, 0.05) is 27.6 Å². The summed E-state index contributed by atoms with van der Waals surface area (Å²) >= 11 is 3.46. The van der Waals surface area contributed by atoms with Crippen molar-refractivity contribution in [3.8, 4) is 5.69 Å². The maximum Gasteiger partial charge on any atom is 0.220 e. The van der Waals surface area contributed by atoms with Gasteiger partial charge < -0.3 is 8.98 Å². The van der Waals surface area contributed by atoms with Crippen molar-refractivity contribution in [2.24, 2.45) is 0 Å². The highest BCUT2D eigenvalue weighted by atomic mass is 79.9. The Bertz CT molecular complexity index is 1070. The summed E-state index contributed by atoms with van der Waals surface area (Å²) in [5.41, 5.74) is 6.36. The number of para-hydroxylation sites is 1. The van der Waals surface area contributed by atoms with E-state index in [-0.39, 0.29) is 0 Å². The quantitative estimate of drug-likeness (QED) is 0.417. The molecule has 3 nitrogen and oxygen atoms in total. The Morgan fingerprint density at radius 3 is 2.60 bits per heavy atom. The molecule has 0 aliphatic carbocycles. The molecule has 4 aromatic rings. The molecule has 0 bridgehead atoms. The summed E-state index contributed by atoms with van der Waals surface area (Å²) in [7, 11) is 0. The largest absolute Gasteiger partial charge is 0.437 e. The molecule has 0 unspecified atom stereocenters. The monoisotopic (exact) mass is 392 g/mol. The van der Waals surface area contributed by atoms with E-state index in [1.807, 2.05) is 30.3 Å². The van der Waals surface area contributed by atoms with Crippen molar-refractivity contribution >= 4 is 39.2 Å². The van der Waals surface area contributed by atoms with Crippen LogP contribution in [-0.2, 0) is 0 Å². The predicted molar refractivity (Wildman–Crippen MR) is 106 cm³/mol. The lowest BCUT2D eigenvalue weighted by Crippen LogP contribution is -1.98. The Morgan fingerprint density at radius 1 is 1.00 bits per heavy atom. The first-order chi connectivity index (χ1) is 12.1. The summed E-state index contributed by atoms with van der Waals surface area (Å²) in [6, 6.07) is 18.4. The summed E-state index contributed by atoms with van der Waals surface area (Å²) in [4.78, 5) is 4.52. The third-order valence-electron chi connectivity index (χ3n) is 4.26. The first-order valence-electron chi connectivity index (χ1n) is 8.10. The topological polar surface area (TPSA) is 31.0 Å². The zero-order valence-electron chi connectivity index (χ0n) is 14.0. The Kier molecular flexibility index (Phi) is 4.06. The van der Waals surface area contributed by atoms with E-state index in [4.69, 9.17) is 4.42 Å². The van der Waals surface area contributed by atoms with Crippen LogP contribution in [0.15, 0.2) is 63.5 Å². The molecule has 0 N–H and O–H groups in total. The van der Waals surface area contributed by atoms with Crippen molar-refractivity contribution in [1.29, 1.82) is 0 Å². The van der Waals surface area contributed by atoms with E-state index in [0.717, 1.165) is 21.1 Å². The van der Waals surface area contributed by atoms with E-state index >= 15 is 0 Å². The molecule has 0 atom stereocenters. The lowest BCUT2D eigenvalue weighted by molar-refractivity contribution is 0.589. The first kappa shape index (κ1) is 15.9. The fourth-order valence-corrected chi connectivity index (χ4v) is 3.43. The summed E-state index contributed by atoms with van der Waals surface area (Å²) in [6.45, 7) is 4.25. The minimum Gasteiger partial charge on any atom is -0.437 e. The first-order valence-corrected chi connectivity index (χ1v) is 8.90. The van der Waals surface area contributed by atoms with Crippen LogP contribution >= 0.6 is 15.9 Å². The summed E-state index contributed by atoms with van der Waals surface area (Å²) < 4.78 is 9.03. The van der Waals surface area contributed by atoms with E-state index in [1.165, 1.54) is 17.1 Å². The fraction of sp³-hybridized carbons (Fsp3) is 0.0952. The van der Waals surface area contributed by atoms with Gasteiger partial charge in [0.1, 0.15) is 5.52 Å². The van der Waals surface area contributed by atoms with Crippen LogP contribution in [0.25, 0.3) is 28.9 Å². The SMILES string of the molecule is Cc1cc(/C=C/c2nc3cc(Br)ccc3o2)c(C)n1-c1ccccc1. The van der Waals surface area contributed by atoms with Gasteiger partial charge in [-0.1, -0.05) is 34.1 Å². The molecule has 4 heteroatoms. The number of rotatable bonds is 3. The van der Waals surface area contributed by atoms with Crippen LogP contribution in [0.5, 0.6) is 0 Å². The van der Waals surface area contributed by atoms with Gasteiger partial charge >= 0.3 is 0 Å². The van der Waals surface area contributed by atoms with Crippen molar-refractivity contribution in [3.63, 3.8) is 0 Å². The minimum absolute atomic E-state index is 0.609. The van der Waals surface area contributed by atoms with Crippen LogP contribution in [0.1, 0.15) is 22.8 Å². The molecule has 0 aliphatic rings. The average molecular weight is 393 g/mol. The summed E-state index contributed by atoms with van der Waals surface area (Å²) in [5.74, 6) is 0.609. The van der Waals surface area contributed by atoms with Crippen molar-refractivity contribution in [2.45, 2.75) is 13.8 Å². The molecule has 2 aromatic carbocycles. The van der Waals surface area contributed by atoms with Crippen molar-refractivity contribution in [3.05, 3.63) is 81.9 Å². The highest BCUT2D eigenvalue weighted by molar-refractivity contribution is 9.10. The standard InChI is InChI=1S/C21H17BrN2O/c1-14-12-16(15(2)24(14)18-6-4-3-5-7-18)8-11-21-23-19-13-17(22)9-10-20(19)25-21/h3-13H,1-2H3/b11-8+. The minimum atomic E-state index is 0.609. The summed E-state index contributed by atoms with van der Waals surface area (Å²) in [5, 5.41) is 0. The number of aromatic nitrogens is 2. The highest BCUT2D eigenvalue weighted by Crippen LogP contribution is 2.24. The van der Waals surface area contributed by atoms with Crippen LogP contribution < -0.4 is 0 Å². The molecule has 4 rings (SSSR count). The van der Waals surface area contributed by atoms with Gasteiger partial charge in [-0.05, 0) is 61.9 Å². The molecule has 0 radical (unpaired) electrons. The third-order valence-corrected chi connectivity index (χ3v) is 4.75. The van der Waals surface area contributed by atoms with Crippen LogP contribution in [0.2, 0.25) is 0 Å². The third kappa shape index (κ3) is 3.05. The Morgan fingerprint density at radius 2 is 1.80 bits per heavy atom. The molecular formula is C21H17BrN2O. The zero-order chi connectivity index (χ0) is 17.4. The van der Waals surface area contributed by atoms with Gasteiger partial charge in [0.25, 0.3) is 0 Å². The lowest BCUT2D eigenvalue weighted by Gasteiger charge is -2.09. The van der Waals surface area contributed by atoms with Crippen LogP contribution in [0.4, 0.5) is 0 Å². The molecule has 0 amide bonds. The second-order valence-corrected chi connectivity index (χ2v) is 6.91. The molecule has 0 fully saturated rings. The van der Waals surface area contributed by atoms with E-state index in [9.17, 15) is 0 Å². The van der Waals surface area contributed by atoms with Gasteiger partial charge in [0.15, 0.2) is 5.58 Å². The lowest BCUT2D eigenvalue weighted by atomic mass is 10.2. The molecule has 2 heterocycles. The molecule has 0 spiro atoms. The van der Waals surface area contributed by atoms with Gasteiger partial charge in [-0.25, -0.2) is 4.98 Å². The van der Waals surface area contributed by atoms with Gasteiger partial charge in [-0.2, -0.15) is 0 Å². The van der Waals surface area contributed by atoms with E-state index < -0.39 is 0 Å². The number of hydrogen-bond donors (Lipinski definition) is 0. The molecule has 0 saturated carbocycles. The number of hydrogen-bond acceptors (Lipinski definition) is 2. The Labute approximate surface area is 154 Å². The summed E-state index contributed by atoms with van der Waals surface area (Å²) in [6.07, 6.45) is 3.98. The number of fused-ring (bicyclic) bond motifs is 1. The molecule has 0 aliphatic heterocycles. The number of halogens is 1. The number of oxazole rings is 1. The Hall–Kier alpha value is -2.59. The number of benzene rings is 2. The fourth-order valence-electron chi connectivity index (χ4n) is 3.08. The van der Waals surface area contributed by atoms with Gasteiger partial charge in [0.05, 0.1) is 0 Å². The van der Waals surface area contributed by atoms with Crippen molar-refractivity contribution in [2.75, 3.05) is 0 Å². The maximum absolute atomic E-state index is 5.78.